The maximum atomic E-state index is 13.7. The summed E-state index contributed by atoms with van der Waals surface area (Å²) in [6.07, 6.45) is 0.662. The number of ether oxygens (including phenoxy) is 2. The second kappa shape index (κ2) is 10.1. The molecule has 0 aliphatic carbocycles. The topological polar surface area (TPSA) is 84.9 Å². The quantitative estimate of drug-likeness (QED) is 0.533. The van der Waals surface area contributed by atoms with Crippen molar-refractivity contribution in [3.05, 3.63) is 89.0 Å². The molecular formula is C27H30N2O5S. The van der Waals surface area contributed by atoms with Gasteiger partial charge in [0, 0.05) is 18.2 Å². The molecule has 0 radical (unpaired) electrons. The van der Waals surface area contributed by atoms with E-state index in [1.165, 1.54) is 12.1 Å². The lowest BCUT2D eigenvalue weighted by Crippen LogP contribution is -2.40. The van der Waals surface area contributed by atoms with Crippen LogP contribution < -0.4 is 14.2 Å². The van der Waals surface area contributed by atoms with Crippen LogP contribution in [0.5, 0.6) is 11.5 Å². The van der Waals surface area contributed by atoms with Crippen LogP contribution in [0.2, 0.25) is 0 Å². The van der Waals surface area contributed by atoms with Crippen molar-refractivity contribution in [2.24, 2.45) is 0 Å². The Morgan fingerprint density at radius 1 is 0.971 bits per heavy atom. The van der Waals surface area contributed by atoms with Crippen LogP contribution in [-0.4, -0.2) is 46.0 Å². The van der Waals surface area contributed by atoms with Crippen molar-refractivity contribution in [2.45, 2.75) is 37.2 Å². The molecule has 1 atom stereocenters. The van der Waals surface area contributed by atoms with Gasteiger partial charge in [-0.2, -0.15) is 0 Å². The molecule has 0 fully saturated rings. The number of amides is 1. The third-order valence-corrected chi connectivity index (χ3v) is 7.73. The number of carbonyl (C=O) groups excluding carboxylic acids is 1. The van der Waals surface area contributed by atoms with Gasteiger partial charge < -0.3 is 14.4 Å². The van der Waals surface area contributed by atoms with Crippen LogP contribution >= 0.6 is 0 Å². The number of benzene rings is 3. The Morgan fingerprint density at radius 3 is 2.20 bits per heavy atom. The van der Waals surface area contributed by atoms with Crippen molar-refractivity contribution in [1.82, 2.24) is 9.62 Å². The Morgan fingerprint density at radius 2 is 1.60 bits per heavy atom. The molecule has 0 spiro atoms. The highest BCUT2D eigenvalue weighted by molar-refractivity contribution is 7.89. The van der Waals surface area contributed by atoms with Gasteiger partial charge in [-0.3, -0.25) is 4.79 Å². The highest BCUT2D eigenvalue weighted by Crippen LogP contribution is 2.41. The first-order chi connectivity index (χ1) is 16.7. The number of rotatable bonds is 7. The third-order valence-electron chi connectivity index (χ3n) is 6.05. The van der Waals surface area contributed by atoms with Crippen LogP contribution in [0, 0.1) is 0 Å². The average molecular weight is 495 g/mol. The number of fused-ring (bicyclic) bond motifs is 1. The SMILES string of the molecule is COc1cc2c(cc1OC)C(c1ccccc1)N(C(=O)c1ccc(S(=O)(=O)NC(C)C)cc1)CC2. The summed E-state index contributed by atoms with van der Waals surface area (Å²) in [5.74, 6) is 1.10. The minimum absolute atomic E-state index is 0.128. The third kappa shape index (κ3) is 5.04. The zero-order valence-corrected chi connectivity index (χ0v) is 21.1. The first-order valence-corrected chi connectivity index (χ1v) is 13.0. The van der Waals surface area contributed by atoms with E-state index in [2.05, 4.69) is 4.72 Å². The number of methoxy groups -OCH3 is 2. The van der Waals surface area contributed by atoms with Gasteiger partial charge in [0.1, 0.15) is 0 Å². The summed E-state index contributed by atoms with van der Waals surface area (Å²) in [4.78, 5) is 15.7. The monoisotopic (exact) mass is 494 g/mol. The van der Waals surface area contributed by atoms with E-state index in [0.717, 1.165) is 16.7 Å². The molecule has 1 unspecified atom stereocenters. The second-order valence-electron chi connectivity index (χ2n) is 8.77. The fraction of sp³-hybridized carbons (Fsp3) is 0.296. The van der Waals surface area contributed by atoms with E-state index >= 15 is 0 Å². The van der Waals surface area contributed by atoms with Crippen LogP contribution in [0.4, 0.5) is 0 Å². The number of carbonyl (C=O) groups is 1. The van der Waals surface area contributed by atoms with Gasteiger partial charge in [0.05, 0.1) is 25.2 Å². The first kappa shape index (κ1) is 24.8. The predicted octanol–water partition coefficient (Wildman–Crippen LogP) is 4.18. The van der Waals surface area contributed by atoms with Crippen molar-refractivity contribution >= 4 is 15.9 Å². The average Bonchev–Trinajstić information content (AvgIpc) is 2.86. The van der Waals surface area contributed by atoms with Crippen molar-refractivity contribution < 1.29 is 22.7 Å². The van der Waals surface area contributed by atoms with Crippen LogP contribution in [-0.2, 0) is 16.4 Å². The van der Waals surface area contributed by atoms with Gasteiger partial charge in [-0.05, 0) is 73.4 Å². The van der Waals surface area contributed by atoms with E-state index < -0.39 is 10.0 Å². The summed E-state index contributed by atoms with van der Waals surface area (Å²) in [5.41, 5.74) is 3.49. The Kier molecular flexibility index (Phi) is 7.14. The van der Waals surface area contributed by atoms with Gasteiger partial charge in [-0.25, -0.2) is 13.1 Å². The maximum absolute atomic E-state index is 13.7. The fourth-order valence-corrected chi connectivity index (χ4v) is 5.73. The molecule has 4 rings (SSSR count). The van der Waals surface area contributed by atoms with E-state index in [9.17, 15) is 13.2 Å². The zero-order chi connectivity index (χ0) is 25.2. The van der Waals surface area contributed by atoms with E-state index in [-0.39, 0.29) is 22.9 Å². The summed E-state index contributed by atoms with van der Waals surface area (Å²) >= 11 is 0. The normalized spacial score (nSPS) is 15.6. The molecule has 1 N–H and O–H groups in total. The molecule has 7 nitrogen and oxygen atoms in total. The summed E-state index contributed by atoms with van der Waals surface area (Å²) in [6.45, 7) is 4.03. The maximum Gasteiger partial charge on any atom is 0.254 e. The Labute approximate surface area is 206 Å². The Bertz CT molecular complexity index is 1310. The number of sulfonamides is 1. The van der Waals surface area contributed by atoms with Gasteiger partial charge in [0.15, 0.2) is 11.5 Å². The lowest BCUT2D eigenvalue weighted by Gasteiger charge is -2.38. The summed E-state index contributed by atoms with van der Waals surface area (Å²) in [7, 11) is -0.432. The zero-order valence-electron chi connectivity index (χ0n) is 20.3. The van der Waals surface area contributed by atoms with Gasteiger partial charge in [0.2, 0.25) is 10.0 Å². The van der Waals surface area contributed by atoms with Gasteiger partial charge in [0.25, 0.3) is 5.91 Å². The molecule has 1 aliphatic rings. The number of hydrogen-bond acceptors (Lipinski definition) is 5. The summed E-state index contributed by atoms with van der Waals surface area (Å²) in [6, 6.07) is 19.3. The van der Waals surface area contributed by atoms with Crippen LogP contribution in [0.25, 0.3) is 0 Å². The number of hydrogen-bond donors (Lipinski definition) is 1. The predicted molar refractivity (Wildman–Crippen MR) is 134 cm³/mol. The highest BCUT2D eigenvalue weighted by Gasteiger charge is 2.34. The molecule has 0 aromatic heterocycles. The molecule has 3 aromatic rings. The smallest absolute Gasteiger partial charge is 0.254 e. The van der Waals surface area contributed by atoms with Gasteiger partial charge >= 0.3 is 0 Å². The molecule has 0 saturated heterocycles. The van der Waals surface area contributed by atoms with E-state index in [1.54, 1.807) is 40.2 Å². The number of nitrogens with one attached hydrogen (secondary N) is 1. The van der Waals surface area contributed by atoms with Crippen LogP contribution in [0.3, 0.4) is 0 Å². The Balaban J connectivity index is 1.73. The molecule has 1 heterocycles. The largest absolute Gasteiger partial charge is 0.493 e. The van der Waals surface area contributed by atoms with Crippen LogP contribution in [0.1, 0.15) is 46.9 Å². The molecule has 0 bridgehead atoms. The van der Waals surface area contributed by atoms with Crippen molar-refractivity contribution in [3.63, 3.8) is 0 Å². The minimum Gasteiger partial charge on any atom is -0.493 e. The molecular weight excluding hydrogens is 464 g/mol. The lowest BCUT2D eigenvalue weighted by molar-refractivity contribution is 0.0694. The molecule has 1 aliphatic heterocycles. The summed E-state index contributed by atoms with van der Waals surface area (Å²) in [5, 5.41) is 0. The van der Waals surface area contributed by atoms with E-state index in [1.807, 2.05) is 47.4 Å². The summed E-state index contributed by atoms with van der Waals surface area (Å²) < 4.78 is 38.6. The molecule has 1 amide bonds. The van der Waals surface area contributed by atoms with Crippen LogP contribution in [0.15, 0.2) is 71.6 Å². The molecule has 3 aromatic carbocycles. The van der Waals surface area contributed by atoms with E-state index in [4.69, 9.17) is 9.47 Å². The van der Waals surface area contributed by atoms with Crippen molar-refractivity contribution in [1.29, 1.82) is 0 Å². The second-order valence-corrected chi connectivity index (χ2v) is 10.5. The molecule has 8 heteroatoms. The molecule has 35 heavy (non-hydrogen) atoms. The lowest BCUT2D eigenvalue weighted by atomic mass is 9.87. The first-order valence-electron chi connectivity index (χ1n) is 11.5. The van der Waals surface area contributed by atoms with Gasteiger partial charge in [-0.1, -0.05) is 30.3 Å². The van der Waals surface area contributed by atoms with E-state index in [0.29, 0.717) is 30.0 Å². The van der Waals surface area contributed by atoms with Gasteiger partial charge in [-0.15, -0.1) is 0 Å². The minimum atomic E-state index is -3.64. The van der Waals surface area contributed by atoms with Crippen molar-refractivity contribution in [2.75, 3.05) is 20.8 Å². The van der Waals surface area contributed by atoms with Crippen molar-refractivity contribution in [3.8, 4) is 11.5 Å². The number of nitrogens with zero attached hydrogens (tertiary/aromatic N) is 1. The highest BCUT2D eigenvalue weighted by atomic mass is 32.2. The Hall–Kier alpha value is -3.36. The standard InChI is InChI=1S/C27H30N2O5S/c1-18(2)28-35(31,32)22-12-10-20(11-13-22)27(30)29-15-14-21-16-24(33-3)25(34-4)17-23(21)26(29)19-8-6-5-7-9-19/h5-13,16-18,26,28H,14-15H2,1-4H3. The molecule has 0 saturated carbocycles. The fourth-order valence-electron chi connectivity index (χ4n) is 4.48. The molecule has 184 valence electrons.